The minimum Gasteiger partial charge on any atom is -0.457 e. The van der Waals surface area contributed by atoms with Crippen molar-refractivity contribution in [2.24, 2.45) is 0 Å². The average molecular weight is 753 g/mol. The SMILES string of the molecule is C=CCCC(C(=O)NC)N(C)Cc1cc(N2CCC(Nc3cccc(C(C)NC(=O)c4ccc5c(Oc6ccc(C)cc6)cccc5c4)n3)CC2)ccc1C=O. The number of nitrogens with zero attached hydrogens (tertiary/aromatic N) is 3. The molecule has 0 bridgehead atoms. The van der Waals surface area contributed by atoms with Gasteiger partial charge in [0.1, 0.15) is 23.6 Å². The summed E-state index contributed by atoms with van der Waals surface area (Å²) in [6.07, 6.45) is 5.89. The maximum Gasteiger partial charge on any atom is 0.251 e. The molecule has 0 aliphatic carbocycles. The van der Waals surface area contributed by atoms with Gasteiger partial charge in [-0.1, -0.05) is 42.0 Å². The summed E-state index contributed by atoms with van der Waals surface area (Å²) in [5.41, 5.74) is 5.09. The van der Waals surface area contributed by atoms with Crippen molar-refractivity contribution in [3.05, 3.63) is 138 Å². The molecule has 1 aromatic heterocycles. The quantitative estimate of drug-likeness (QED) is 0.0683. The molecule has 1 fully saturated rings. The number of aldehydes is 1. The summed E-state index contributed by atoms with van der Waals surface area (Å²) < 4.78 is 6.17. The van der Waals surface area contributed by atoms with E-state index in [1.54, 1.807) is 7.05 Å². The molecule has 5 aromatic rings. The summed E-state index contributed by atoms with van der Waals surface area (Å²) in [6, 6.07) is 30.9. The summed E-state index contributed by atoms with van der Waals surface area (Å²) in [4.78, 5) is 47.2. The molecule has 2 amide bonds. The van der Waals surface area contributed by atoms with Gasteiger partial charge in [-0.2, -0.15) is 0 Å². The molecule has 1 saturated heterocycles. The number of hydrogen-bond acceptors (Lipinski definition) is 8. The number of hydrogen-bond donors (Lipinski definition) is 3. The summed E-state index contributed by atoms with van der Waals surface area (Å²) in [7, 11) is 3.57. The predicted molar refractivity (Wildman–Crippen MR) is 225 cm³/mol. The van der Waals surface area contributed by atoms with E-state index in [0.29, 0.717) is 24.1 Å². The van der Waals surface area contributed by atoms with Crippen molar-refractivity contribution in [3.8, 4) is 11.5 Å². The largest absolute Gasteiger partial charge is 0.457 e. The first-order valence-corrected chi connectivity index (χ1v) is 19.3. The van der Waals surface area contributed by atoms with Crippen molar-refractivity contribution in [2.45, 2.75) is 64.2 Å². The van der Waals surface area contributed by atoms with E-state index >= 15 is 0 Å². The van der Waals surface area contributed by atoms with E-state index in [1.807, 2.05) is 123 Å². The van der Waals surface area contributed by atoms with Crippen LogP contribution in [0, 0.1) is 6.92 Å². The van der Waals surface area contributed by atoms with Crippen molar-refractivity contribution >= 4 is 40.4 Å². The number of carbonyl (C=O) groups is 3. The van der Waals surface area contributed by atoms with E-state index in [2.05, 4.69) is 33.5 Å². The zero-order valence-corrected chi connectivity index (χ0v) is 32.8. The Morgan fingerprint density at radius 3 is 2.50 bits per heavy atom. The van der Waals surface area contributed by atoms with E-state index in [9.17, 15) is 14.4 Å². The number of rotatable bonds is 16. The Morgan fingerprint density at radius 1 is 1.00 bits per heavy atom. The summed E-state index contributed by atoms with van der Waals surface area (Å²) >= 11 is 0. The summed E-state index contributed by atoms with van der Waals surface area (Å²) in [5, 5.41) is 11.4. The lowest BCUT2D eigenvalue weighted by Crippen LogP contribution is -2.43. The van der Waals surface area contributed by atoms with Crippen LogP contribution in [0.5, 0.6) is 11.5 Å². The Bertz CT molecular complexity index is 2160. The van der Waals surface area contributed by atoms with E-state index < -0.39 is 0 Å². The fourth-order valence-electron chi connectivity index (χ4n) is 7.25. The van der Waals surface area contributed by atoms with E-state index in [0.717, 1.165) is 83.7 Å². The first-order valence-electron chi connectivity index (χ1n) is 19.3. The third-order valence-corrected chi connectivity index (χ3v) is 10.5. The average Bonchev–Trinajstić information content (AvgIpc) is 3.22. The molecule has 10 heteroatoms. The van der Waals surface area contributed by atoms with E-state index in [1.165, 1.54) is 5.56 Å². The summed E-state index contributed by atoms with van der Waals surface area (Å²) in [6.45, 7) is 9.94. The Hall–Kier alpha value is -6.00. The maximum atomic E-state index is 13.4. The second-order valence-corrected chi connectivity index (χ2v) is 14.6. The molecule has 0 spiro atoms. The van der Waals surface area contributed by atoms with Crippen LogP contribution in [-0.2, 0) is 11.3 Å². The van der Waals surface area contributed by atoms with Crippen LogP contribution in [0.2, 0.25) is 0 Å². The Labute approximate surface area is 330 Å². The smallest absolute Gasteiger partial charge is 0.251 e. The number of amides is 2. The third kappa shape index (κ3) is 9.80. The molecule has 2 atom stereocenters. The molecule has 1 aliphatic heterocycles. The fraction of sp³-hybridized carbons (Fsp3) is 0.304. The number of benzene rings is 4. The third-order valence-electron chi connectivity index (χ3n) is 10.5. The second kappa shape index (κ2) is 18.6. The molecule has 6 rings (SSSR count). The number of aromatic nitrogens is 1. The Morgan fingerprint density at radius 2 is 1.77 bits per heavy atom. The highest BCUT2D eigenvalue weighted by Gasteiger charge is 2.24. The number of carbonyl (C=O) groups excluding carboxylic acids is 3. The van der Waals surface area contributed by atoms with Gasteiger partial charge in [-0.15, -0.1) is 6.58 Å². The van der Waals surface area contributed by atoms with Crippen molar-refractivity contribution in [3.63, 3.8) is 0 Å². The van der Waals surface area contributed by atoms with Crippen molar-refractivity contribution < 1.29 is 19.1 Å². The van der Waals surface area contributed by atoms with Crippen LogP contribution >= 0.6 is 0 Å². The minimum atomic E-state index is -0.321. The van der Waals surface area contributed by atoms with Crippen LogP contribution in [-0.4, -0.2) is 67.3 Å². The van der Waals surface area contributed by atoms with Gasteiger partial charge < -0.3 is 25.6 Å². The number of likely N-dealkylation sites (N-methyl/N-ethyl adjacent to an activating group) is 2. The predicted octanol–water partition coefficient (Wildman–Crippen LogP) is 8.23. The molecular weight excluding hydrogens is 701 g/mol. The van der Waals surface area contributed by atoms with Crippen LogP contribution in [0.4, 0.5) is 11.5 Å². The Balaban J connectivity index is 1.04. The van der Waals surface area contributed by atoms with E-state index in [-0.39, 0.29) is 29.9 Å². The standard InChI is InChI=1S/C46H52N6O4/c1-6-7-12-42(46(55)47-4)51(5)29-36-28-38(19-17-35(36)30-53)52-25-23-37(24-26-52)49-44-14-9-11-41(50-44)32(3)48-45(54)34-18-22-40-33(27-34)10-8-13-43(40)56-39-20-15-31(2)16-21-39/h6,8-11,13-22,27-28,30,32,37,42H,1,7,12,23-26,29H2,2-5H3,(H,47,55)(H,48,54)(H,49,50). The fourth-order valence-corrected chi connectivity index (χ4v) is 7.25. The van der Waals surface area contributed by atoms with Gasteiger partial charge in [-0.25, -0.2) is 4.98 Å². The van der Waals surface area contributed by atoms with Crippen LogP contribution in [0.25, 0.3) is 10.8 Å². The molecule has 4 aromatic carbocycles. The molecule has 3 N–H and O–H groups in total. The van der Waals surface area contributed by atoms with Gasteiger partial charge in [0.25, 0.3) is 5.91 Å². The van der Waals surface area contributed by atoms with Crippen LogP contribution in [0.15, 0.2) is 110 Å². The number of fused-ring (bicyclic) bond motifs is 1. The first kappa shape index (κ1) is 39.7. The number of ether oxygens (including phenoxy) is 1. The molecule has 56 heavy (non-hydrogen) atoms. The lowest BCUT2D eigenvalue weighted by atomic mass is 10.0. The zero-order chi connectivity index (χ0) is 39.6. The molecule has 2 heterocycles. The molecule has 0 saturated carbocycles. The number of anilines is 2. The number of pyridine rings is 1. The van der Waals surface area contributed by atoms with Gasteiger partial charge in [0, 0.05) is 54.9 Å². The van der Waals surface area contributed by atoms with E-state index in [4.69, 9.17) is 9.72 Å². The molecule has 0 radical (unpaired) electrons. The van der Waals surface area contributed by atoms with Gasteiger partial charge in [0.2, 0.25) is 5.91 Å². The van der Waals surface area contributed by atoms with Crippen LogP contribution in [0.1, 0.15) is 76.2 Å². The number of aryl methyl sites for hydroxylation is 1. The first-order chi connectivity index (χ1) is 27.1. The second-order valence-electron chi connectivity index (χ2n) is 14.6. The van der Waals surface area contributed by atoms with Gasteiger partial charge in [0.05, 0.1) is 17.8 Å². The monoisotopic (exact) mass is 752 g/mol. The summed E-state index contributed by atoms with van der Waals surface area (Å²) in [5.74, 6) is 2.05. The number of nitrogens with one attached hydrogen (secondary N) is 3. The van der Waals surface area contributed by atoms with Gasteiger partial charge in [-0.3, -0.25) is 19.3 Å². The molecule has 10 nitrogen and oxygen atoms in total. The highest BCUT2D eigenvalue weighted by Crippen LogP contribution is 2.31. The lowest BCUT2D eigenvalue weighted by Gasteiger charge is -2.35. The highest BCUT2D eigenvalue weighted by molar-refractivity contribution is 6.00. The van der Waals surface area contributed by atoms with Gasteiger partial charge in [0.15, 0.2) is 0 Å². The van der Waals surface area contributed by atoms with Gasteiger partial charge in [-0.05, 0) is 124 Å². The topological polar surface area (TPSA) is 116 Å². The molecule has 1 aliphatic rings. The maximum absolute atomic E-state index is 13.4. The minimum absolute atomic E-state index is 0.0484. The molecule has 290 valence electrons. The van der Waals surface area contributed by atoms with Gasteiger partial charge >= 0.3 is 0 Å². The molecular formula is C46H52N6O4. The normalized spacial score (nSPS) is 14.2. The molecule has 2 unspecified atom stereocenters. The van der Waals surface area contributed by atoms with Crippen molar-refractivity contribution in [1.82, 2.24) is 20.5 Å². The van der Waals surface area contributed by atoms with Crippen LogP contribution < -0.4 is 25.6 Å². The van der Waals surface area contributed by atoms with Crippen molar-refractivity contribution in [2.75, 3.05) is 37.4 Å². The number of piperidine rings is 1. The number of allylic oxidation sites excluding steroid dienone is 1. The zero-order valence-electron chi connectivity index (χ0n) is 32.8. The highest BCUT2D eigenvalue weighted by atomic mass is 16.5. The van der Waals surface area contributed by atoms with Crippen LogP contribution in [0.3, 0.4) is 0 Å². The lowest BCUT2D eigenvalue weighted by molar-refractivity contribution is -0.125. The van der Waals surface area contributed by atoms with Crippen molar-refractivity contribution in [1.29, 1.82) is 0 Å². The Kier molecular flexibility index (Phi) is 13.2.